The maximum Gasteiger partial charge on any atom is 0.294 e. The zero-order valence-electron chi connectivity index (χ0n) is 24.8. The third-order valence-corrected chi connectivity index (χ3v) is 7.85. The minimum absolute atomic E-state index is 0.295. The lowest BCUT2D eigenvalue weighted by Gasteiger charge is -2.15. The molecule has 0 amide bonds. The van der Waals surface area contributed by atoms with Crippen molar-refractivity contribution in [1.82, 2.24) is 0 Å². The van der Waals surface area contributed by atoms with Crippen LogP contribution in [-0.2, 0) is 4.84 Å². The average molecular weight is 512 g/mol. The van der Waals surface area contributed by atoms with E-state index in [4.69, 9.17) is 4.84 Å². The van der Waals surface area contributed by atoms with E-state index >= 15 is 0 Å². The van der Waals surface area contributed by atoms with Crippen molar-refractivity contribution >= 4 is 0 Å². The highest BCUT2D eigenvalue weighted by atomic mass is 16.9. The monoisotopic (exact) mass is 511 g/mol. The van der Waals surface area contributed by atoms with Crippen molar-refractivity contribution in [2.45, 2.75) is 194 Å². The second-order valence-electron chi connectivity index (χ2n) is 11.4. The molecular weight excluding hydrogens is 446 g/mol. The van der Waals surface area contributed by atoms with Gasteiger partial charge in [0.25, 0.3) is 5.09 Å². The minimum Gasteiger partial charge on any atom is -0.314 e. The molecule has 0 bridgehead atoms. The summed E-state index contributed by atoms with van der Waals surface area (Å²) in [6, 6.07) is 0. The van der Waals surface area contributed by atoms with E-state index in [1.807, 2.05) is 0 Å². The van der Waals surface area contributed by atoms with Gasteiger partial charge in [-0.2, -0.15) is 0 Å². The SMILES string of the molecule is CCCCCCCCCCCCCCCCC(CCCCCCCCCCCCCC)CO[N+](=O)[O-]. The third kappa shape index (κ3) is 29.4. The quantitative estimate of drug-likeness (QED) is 0.0528. The Balaban J connectivity index is 3.59. The summed E-state index contributed by atoms with van der Waals surface area (Å²) in [5.41, 5.74) is 0. The highest BCUT2D eigenvalue weighted by molar-refractivity contribution is 4.60. The fraction of sp³-hybridized carbons (Fsp3) is 1.00. The number of hydrogen-bond acceptors (Lipinski definition) is 3. The first-order valence-electron chi connectivity index (χ1n) is 16.5. The largest absolute Gasteiger partial charge is 0.314 e. The van der Waals surface area contributed by atoms with Crippen molar-refractivity contribution in [3.05, 3.63) is 10.1 Å². The van der Waals surface area contributed by atoms with Crippen LogP contribution in [0.2, 0.25) is 0 Å². The molecule has 0 aromatic heterocycles. The van der Waals surface area contributed by atoms with Crippen molar-refractivity contribution in [3.8, 4) is 0 Å². The molecule has 0 spiro atoms. The Kier molecular flexibility index (Phi) is 29.7. The van der Waals surface area contributed by atoms with Crippen molar-refractivity contribution in [3.63, 3.8) is 0 Å². The average Bonchev–Trinajstić information content (AvgIpc) is 2.87. The maximum absolute atomic E-state index is 10.7. The number of rotatable bonds is 31. The maximum atomic E-state index is 10.7. The van der Waals surface area contributed by atoms with E-state index < -0.39 is 5.09 Å². The summed E-state index contributed by atoms with van der Waals surface area (Å²) in [4.78, 5) is 15.4. The van der Waals surface area contributed by atoms with Crippen LogP contribution in [0.3, 0.4) is 0 Å². The molecule has 0 radical (unpaired) electrons. The molecule has 1 unspecified atom stereocenters. The molecular formula is C32H65NO3. The minimum atomic E-state index is -0.611. The van der Waals surface area contributed by atoms with E-state index in [1.54, 1.807) is 0 Å². The van der Waals surface area contributed by atoms with Crippen molar-refractivity contribution in [2.75, 3.05) is 6.61 Å². The van der Waals surface area contributed by atoms with Gasteiger partial charge in [0, 0.05) is 0 Å². The molecule has 0 aliphatic carbocycles. The van der Waals surface area contributed by atoms with E-state index in [1.165, 1.54) is 167 Å². The van der Waals surface area contributed by atoms with Crippen molar-refractivity contribution in [2.24, 2.45) is 5.92 Å². The van der Waals surface area contributed by atoms with Gasteiger partial charge in [0.15, 0.2) is 0 Å². The summed E-state index contributed by atoms with van der Waals surface area (Å²) in [6.45, 7) is 4.85. The zero-order chi connectivity index (χ0) is 26.4. The first kappa shape index (κ1) is 35.2. The Hall–Kier alpha value is -0.800. The standard InChI is InChI=1S/C32H65NO3/c1-3-5-7-9-11-13-15-17-18-20-22-24-26-28-30-32(31-36-33(34)35)29-27-25-23-21-19-16-14-12-10-8-6-4-2/h32H,3-31H2,1-2H3. The molecule has 0 aliphatic heterocycles. The Morgan fingerprint density at radius 3 is 0.972 bits per heavy atom. The van der Waals surface area contributed by atoms with Gasteiger partial charge in [0.1, 0.15) is 0 Å². The number of nitrogens with zero attached hydrogens (tertiary/aromatic N) is 1. The van der Waals surface area contributed by atoms with E-state index in [9.17, 15) is 10.1 Å². The molecule has 0 N–H and O–H groups in total. The molecule has 4 heteroatoms. The normalized spacial score (nSPS) is 12.2. The van der Waals surface area contributed by atoms with Crippen LogP contribution in [0.5, 0.6) is 0 Å². The molecule has 216 valence electrons. The molecule has 0 aromatic rings. The van der Waals surface area contributed by atoms with E-state index in [-0.39, 0.29) is 0 Å². The smallest absolute Gasteiger partial charge is 0.294 e. The van der Waals surface area contributed by atoms with Gasteiger partial charge in [0.05, 0.1) is 6.61 Å². The van der Waals surface area contributed by atoms with Crippen LogP contribution in [0.15, 0.2) is 0 Å². The Morgan fingerprint density at radius 1 is 0.472 bits per heavy atom. The van der Waals surface area contributed by atoms with E-state index in [0.717, 1.165) is 12.8 Å². The van der Waals surface area contributed by atoms with Gasteiger partial charge < -0.3 is 4.84 Å². The fourth-order valence-corrected chi connectivity index (χ4v) is 5.38. The van der Waals surface area contributed by atoms with Gasteiger partial charge in [-0.15, -0.1) is 10.1 Å². The molecule has 0 saturated carbocycles. The molecule has 0 aliphatic rings. The summed E-state index contributed by atoms with van der Waals surface area (Å²) in [7, 11) is 0. The summed E-state index contributed by atoms with van der Waals surface area (Å²) in [6.07, 6.45) is 37.7. The molecule has 0 saturated heterocycles. The Morgan fingerprint density at radius 2 is 0.722 bits per heavy atom. The Bertz CT molecular complexity index is 430. The predicted molar refractivity (Wildman–Crippen MR) is 157 cm³/mol. The molecule has 0 heterocycles. The summed E-state index contributed by atoms with van der Waals surface area (Å²) < 4.78 is 0. The van der Waals surface area contributed by atoms with Gasteiger partial charge in [-0.25, -0.2) is 0 Å². The first-order valence-corrected chi connectivity index (χ1v) is 16.5. The van der Waals surface area contributed by atoms with E-state index in [2.05, 4.69) is 13.8 Å². The van der Waals surface area contributed by atoms with Crippen molar-refractivity contribution in [1.29, 1.82) is 0 Å². The van der Waals surface area contributed by atoms with Crippen LogP contribution < -0.4 is 0 Å². The van der Waals surface area contributed by atoms with Gasteiger partial charge >= 0.3 is 0 Å². The van der Waals surface area contributed by atoms with Crippen LogP contribution in [0.1, 0.15) is 194 Å². The third-order valence-electron chi connectivity index (χ3n) is 7.85. The van der Waals surface area contributed by atoms with Gasteiger partial charge in [0.2, 0.25) is 0 Å². The predicted octanol–water partition coefficient (Wildman–Crippen LogP) is 11.8. The second kappa shape index (κ2) is 30.4. The van der Waals surface area contributed by atoms with Crippen molar-refractivity contribution < 1.29 is 9.92 Å². The van der Waals surface area contributed by atoms with Crippen LogP contribution in [-0.4, -0.2) is 11.7 Å². The molecule has 0 fully saturated rings. The van der Waals surface area contributed by atoms with Gasteiger partial charge in [-0.05, 0) is 18.8 Å². The highest BCUT2D eigenvalue weighted by Crippen LogP contribution is 2.20. The number of unbranched alkanes of at least 4 members (excludes halogenated alkanes) is 24. The molecule has 4 nitrogen and oxygen atoms in total. The molecule has 1 atom stereocenters. The van der Waals surface area contributed by atoms with Crippen LogP contribution in [0.4, 0.5) is 0 Å². The molecule has 0 aromatic carbocycles. The van der Waals surface area contributed by atoms with Gasteiger partial charge in [-0.1, -0.05) is 181 Å². The second-order valence-corrected chi connectivity index (χ2v) is 11.4. The summed E-state index contributed by atoms with van der Waals surface area (Å²) >= 11 is 0. The zero-order valence-corrected chi connectivity index (χ0v) is 24.8. The lowest BCUT2D eigenvalue weighted by atomic mass is 9.94. The molecule has 36 heavy (non-hydrogen) atoms. The number of hydrogen-bond donors (Lipinski definition) is 0. The first-order chi connectivity index (χ1) is 17.7. The highest BCUT2D eigenvalue weighted by Gasteiger charge is 2.11. The lowest BCUT2D eigenvalue weighted by molar-refractivity contribution is -0.759. The summed E-state index contributed by atoms with van der Waals surface area (Å²) in [5, 5.41) is 10.1. The van der Waals surface area contributed by atoms with Crippen LogP contribution in [0, 0.1) is 16.0 Å². The van der Waals surface area contributed by atoms with Gasteiger partial charge in [-0.3, -0.25) is 0 Å². The molecule has 0 rings (SSSR count). The topological polar surface area (TPSA) is 52.4 Å². The van der Waals surface area contributed by atoms with Crippen LogP contribution in [0.25, 0.3) is 0 Å². The summed E-state index contributed by atoms with van der Waals surface area (Å²) in [5.74, 6) is 0.357. The fourth-order valence-electron chi connectivity index (χ4n) is 5.38. The Labute approximate surface area is 226 Å². The lowest BCUT2D eigenvalue weighted by Crippen LogP contribution is -2.13. The van der Waals surface area contributed by atoms with Crippen LogP contribution >= 0.6 is 0 Å². The van der Waals surface area contributed by atoms with E-state index in [0.29, 0.717) is 12.5 Å².